The van der Waals surface area contributed by atoms with Crippen LogP contribution in [0.15, 0.2) is 28.8 Å². The molecule has 1 heterocycles. The van der Waals surface area contributed by atoms with E-state index >= 15 is 0 Å². The highest BCUT2D eigenvalue weighted by molar-refractivity contribution is 5.59. The van der Waals surface area contributed by atoms with Crippen LogP contribution in [0, 0.1) is 24.2 Å². The Morgan fingerprint density at radius 3 is 2.94 bits per heavy atom. The van der Waals surface area contributed by atoms with Gasteiger partial charge in [0.2, 0.25) is 11.7 Å². The van der Waals surface area contributed by atoms with Gasteiger partial charge in [-0.3, -0.25) is 0 Å². The van der Waals surface area contributed by atoms with E-state index in [0.29, 0.717) is 11.7 Å². The predicted molar refractivity (Wildman–Crippen MR) is 60.9 cm³/mol. The summed E-state index contributed by atoms with van der Waals surface area (Å²) < 4.78 is 5.22. The van der Waals surface area contributed by atoms with Gasteiger partial charge >= 0.3 is 0 Å². The van der Waals surface area contributed by atoms with Crippen LogP contribution in [0.4, 0.5) is 0 Å². The quantitative estimate of drug-likeness (QED) is 0.788. The van der Waals surface area contributed by atoms with E-state index in [1.54, 1.807) is 0 Å². The topological polar surface area (TPSA) is 62.7 Å². The van der Waals surface area contributed by atoms with Crippen molar-refractivity contribution in [2.45, 2.75) is 19.3 Å². The fourth-order valence-corrected chi connectivity index (χ4v) is 1.93. The summed E-state index contributed by atoms with van der Waals surface area (Å²) in [5.74, 6) is 1.40. The lowest BCUT2D eigenvalue weighted by molar-refractivity contribution is 0.378. The van der Waals surface area contributed by atoms with Gasteiger partial charge in [-0.1, -0.05) is 29.4 Å². The van der Waals surface area contributed by atoms with Crippen molar-refractivity contribution in [3.63, 3.8) is 0 Å². The molecule has 1 fully saturated rings. The van der Waals surface area contributed by atoms with Crippen LogP contribution < -0.4 is 0 Å². The van der Waals surface area contributed by atoms with E-state index in [1.165, 1.54) is 0 Å². The number of nitriles is 1. The van der Waals surface area contributed by atoms with Gasteiger partial charge in [-0.15, -0.1) is 0 Å². The van der Waals surface area contributed by atoms with Crippen molar-refractivity contribution in [1.29, 1.82) is 5.26 Å². The van der Waals surface area contributed by atoms with E-state index < -0.39 is 0 Å². The monoisotopic (exact) mass is 225 g/mol. The number of hydrogen-bond acceptors (Lipinski definition) is 4. The molecule has 84 valence electrons. The van der Waals surface area contributed by atoms with E-state index in [4.69, 9.17) is 9.78 Å². The van der Waals surface area contributed by atoms with Crippen molar-refractivity contribution in [2.24, 2.45) is 5.92 Å². The maximum absolute atomic E-state index is 8.77. The third-order valence-electron chi connectivity index (χ3n) is 3.10. The lowest BCUT2D eigenvalue weighted by Crippen LogP contribution is -1.86. The predicted octanol–water partition coefficient (Wildman–Crippen LogP) is 2.67. The van der Waals surface area contributed by atoms with Gasteiger partial charge in [0.25, 0.3) is 0 Å². The number of hydrogen-bond donors (Lipinski definition) is 0. The summed E-state index contributed by atoms with van der Waals surface area (Å²) in [6.07, 6.45) is 0.839. The molecular weight excluding hydrogens is 214 g/mol. The van der Waals surface area contributed by atoms with E-state index in [9.17, 15) is 0 Å². The molecule has 0 spiro atoms. The molecule has 4 heteroatoms. The molecule has 4 nitrogen and oxygen atoms in total. The first-order chi connectivity index (χ1) is 8.29. The molecule has 1 aromatic carbocycles. The second-order valence-electron chi connectivity index (χ2n) is 4.35. The lowest BCUT2D eigenvalue weighted by atomic mass is 10.1. The van der Waals surface area contributed by atoms with Crippen LogP contribution in [-0.2, 0) is 0 Å². The number of aryl methyl sites for hydroxylation is 1. The van der Waals surface area contributed by atoms with Crippen LogP contribution in [0.1, 0.15) is 23.8 Å². The van der Waals surface area contributed by atoms with Gasteiger partial charge in [0.1, 0.15) is 0 Å². The minimum Gasteiger partial charge on any atom is -0.339 e. The van der Waals surface area contributed by atoms with Crippen LogP contribution >= 0.6 is 0 Å². The highest BCUT2D eigenvalue weighted by Crippen LogP contribution is 2.46. The molecule has 1 aromatic heterocycles. The Labute approximate surface area is 98.9 Å². The van der Waals surface area contributed by atoms with Gasteiger partial charge in [0, 0.05) is 5.56 Å². The maximum Gasteiger partial charge on any atom is 0.231 e. The molecule has 0 radical (unpaired) electrons. The summed E-state index contributed by atoms with van der Waals surface area (Å²) in [5, 5.41) is 12.7. The summed E-state index contributed by atoms with van der Waals surface area (Å²) >= 11 is 0. The molecule has 0 bridgehead atoms. The van der Waals surface area contributed by atoms with Crippen molar-refractivity contribution in [3.8, 4) is 17.5 Å². The summed E-state index contributed by atoms with van der Waals surface area (Å²) in [4.78, 5) is 4.37. The Balaban J connectivity index is 1.92. The van der Waals surface area contributed by atoms with Crippen LogP contribution in [0.25, 0.3) is 11.4 Å². The first-order valence-electron chi connectivity index (χ1n) is 5.59. The summed E-state index contributed by atoms with van der Waals surface area (Å²) in [6, 6.07) is 10.1. The molecular formula is C13H11N3O. The average Bonchev–Trinajstić information content (AvgIpc) is 2.99. The zero-order chi connectivity index (χ0) is 11.8. The smallest absolute Gasteiger partial charge is 0.231 e. The summed E-state index contributed by atoms with van der Waals surface area (Å²) in [6.45, 7) is 2.01. The fraction of sp³-hybridized carbons (Fsp3) is 0.308. The molecule has 1 saturated carbocycles. The third-order valence-corrected chi connectivity index (χ3v) is 3.10. The summed E-state index contributed by atoms with van der Waals surface area (Å²) in [5.41, 5.74) is 2.10. The molecule has 0 saturated heterocycles. The molecule has 1 aliphatic rings. The van der Waals surface area contributed by atoms with Gasteiger partial charge in [-0.05, 0) is 18.9 Å². The van der Waals surface area contributed by atoms with E-state index in [2.05, 4.69) is 16.2 Å². The number of nitrogens with zero attached hydrogens (tertiary/aromatic N) is 3. The second kappa shape index (κ2) is 3.70. The highest BCUT2D eigenvalue weighted by atomic mass is 16.5. The number of aromatic nitrogens is 2. The zero-order valence-electron chi connectivity index (χ0n) is 9.42. The second-order valence-corrected chi connectivity index (χ2v) is 4.35. The van der Waals surface area contributed by atoms with Crippen molar-refractivity contribution < 1.29 is 4.52 Å². The minimum absolute atomic E-state index is 0.0557. The molecule has 0 aliphatic heterocycles. The Bertz CT molecular complexity index is 597. The Morgan fingerprint density at radius 1 is 1.41 bits per heavy atom. The summed E-state index contributed by atoms with van der Waals surface area (Å²) in [7, 11) is 0. The Hall–Kier alpha value is -2.15. The van der Waals surface area contributed by atoms with Crippen LogP contribution in [0.2, 0.25) is 0 Å². The molecule has 2 atom stereocenters. The molecule has 2 unspecified atom stereocenters. The number of benzene rings is 1. The SMILES string of the molecule is Cc1ccccc1-c1noc(C2CC2C#N)n1. The molecule has 1 aliphatic carbocycles. The van der Waals surface area contributed by atoms with Crippen molar-refractivity contribution in [1.82, 2.24) is 10.1 Å². The lowest BCUT2D eigenvalue weighted by Gasteiger charge is -1.97. The van der Waals surface area contributed by atoms with E-state index in [0.717, 1.165) is 17.5 Å². The Kier molecular flexibility index (Phi) is 2.19. The molecule has 17 heavy (non-hydrogen) atoms. The van der Waals surface area contributed by atoms with Gasteiger partial charge in [-0.25, -0.2) is 0 Å². The maximum atomic E-state index is 8.77. The molecule has 3 rings (SSSR count). The minimum atomic E-state index is 0.0557. The van der Waals surface area contributed by atoms with Crippen molar-refractivity contribution >= 4 is 0 Å². The fourth-order valence-electron chi connectivity index (χ4n) is 1.93. The first-order valence-corrected chi connectivity index (χ1v) is 5.59. The highest BCUT2D eigenvalue weighted by Gasteiger charge is 2.43. The van der Waals surface area contributed by atoms with Crippen LogP contribution in [0.3, 0.4) is 0 Å². The van der Waals surface area contributed by atoms with Gasteiger partial charge in [0.15, 0.2) is 0 Å². The van der Waals surface area contributed by atoms with E-state index in [1.807, 2.05) is 31.2 Å². The average molecular weight is 225 g/mol. The van der Waals surface area contributed by atoms with Crippen molar-refractivity contribution in [2.75, 3.05) is 0 Å². The molecule has 0 N–H and O–H groups in total. The van der Waals surface area contributed by atoms with Crippen molar-refractivity contribution in [3.05, 3.63) is 35.7 Å². The molecule has 0 amide bonds. The third kappa shape index (κ3) is 1.70. The molecule has 2 aromatic rings. The van der Waals surface area contributed by atoms with Gasteiger partial charge in [-0.2, -0.15) is 10.2 Å². The van der Waals surface area contributed by atoms with Crippen LogP contribution in [-0.4, -0.2) is 10.1 Å². The van der Waals surface area contributed by atoms with E-state index in [-0.39, 0.29) is 11.8 Å². The number of rotatable bonds is 2. The van der Waals surface area contributed by atoms with Gasteiger partial charge < -0.3 is 4.52 Å². The van der Waals surface area contributed by atoms with Crippen LogP contribution in [0.5, 0.6) is 0 Å². The largest absolute Gasteiger partial charge is 0.339 e. The zero-order valence-corrected chi connectivity index (χ0v) is 9.42. The van der Waals surface area contributed by atoms with Gasteiger partial charge in [0.05, 0.1) is 17.9 Å². The first kappa shape index (κ1) is 10.0. The normalized spacial score (nSPS) is 22.1. The Morgan fingerprint density at radius 2 is 2.24 bits per heavy atom. The standard InChI is InChI=1S/C13H11N3O/c1-8-4-2-3-5-10(8)12-15-13(17-16-12)11-6-9(11)7-14/h2-5,9,11H,6H2,1H3.